The van der Waals surface area contributed by atoms with Crippen LogP contribution in [0.25, 0.3) is 11.0 Å². The van der Waals surface area contributed by atoms with E-state index in [0.29, 0.717) is 0 Å². The minimum absolute atomic E-state index is 0. The highest BCUT2D eigenvalue weighted by molar-refractivity contribution is 9.10. The first-order valence-electron chi connectivity index (χ1n) is 6.37. The molecule has 0 fully saturated rings. The third-order valence-electron chi connectivity index (χ3n) is 4.03. The fraction of sp³-hybridized carbons (Fsp3) is 0.400. The van der Waals surface area contributed by atoms with Gasteiger partial charge in [-0.25, -0.2) is 9.97 Å². The fourth-order valence-electron chi connectivity index (χ4n) is 2.78. The number of pyridine rings is 2. The predicted molar refractivity (Wildman–Crippen MR) is 85.0 cm³/mol. The highest BCUT2D eigenvalue weighted by Gasteiger charge is 2.32. The van der Waals surface area contributed by atoms with Crippen molar-refractivity contribution in [1.29, 1.82) is 5.26 Å². The van der Waals surface area contributed by atoms with E-state index in [1.165, 1.54) is 11.1 Å². The van der Waals surface area contributed by atoms with Crippen molar-refractivity contribution in [3.63, 3.8) is 0 Å². The van der Waals surface area contributed by atoms with E-state index in [4.69, 9.17) is 0 Å². The monoisotopic (exact) mass is 351 g/mol. The molecule has 1 aliphatic rings. The van der Waals surface area contributed by atoms with Crippen LogP contribution in [0, 0.1) is 23.7 Å². The van der Waals surface area contributed by atoms with Crippen molar-refractivity contribution in [1.82, 2.24) is 9.97 Å². The topological polar surface area (TPSA) is 49.6 Å². The Morgan fingerprint density at radius 1 is 1.45 bits per heavy atom. The van der Waals surface area contributed by atoms with Crippen LogP contribution in [0.2, 0.25) is 0 Å². The number of hydrogen-bond acceptors (Lipinski definition) is 3. The SMILES string of the molecule is Cc1c2c(nc3ncc(Br)cc13)CCC(C)(C#N)C2.Cl. The minimum Gasteiger partial charge on any atom is -0.235 e. The lowest BCUT2D eigenvalue weighted by molar-refractivity contribution is 0.376. The standard InChI is InChI=1S/C15H14BrN3.ClH/c1-9-11-5-10(16)7-18-14(11)19-13-3-4-15(2,8-17)6-12(9)13;/h5,7H,3-4,6H2,1-2H3;1H. The normalized spacial score (nSPS) is 20.9. The first-order chi connectivity index (χ1) is 9.02. The molecule has 0 bridgehead atoms. The van der Waals surface area contributed by atoms with Gasteiger partial charge in [-0.3, -0.25) is 0 Å². The van der Waals surface area contributed by atoms with Crippen LogP contribution in [-0.2, 0) is 12.8 Å². The van der Waals surface area contributed by atoms with Gasteiger partial charge in [0.15, 0.2) is 5.65 Å². The second kappa shape index (κ2) is 5.31. The molecule has 0 aromatic carbocycles. The summed E-state index contributed by atoms with van der Waals surface area (Å²) >= 11 is 3.46. The van der Waals surface area contributed by atoms with Gasteiger partial charge in [-0.1, -0.05) is 0 Å². The number of nitriles is 1. The van der Waals surface area contributed by atoms with Gasteiger partial charge in [-0.15, -0.1) is 12.4 Å². The summed E-state index contributed by atoms with van der Waals surface area (Å²) < 4.78 is 0.962. The number of fused-ring (bicyclic) bond motifs is 2. The molecule has 0 aliphatic heterocycles. The maximum atomic E-state index is 9.33. The molecule has 0 N–H and O–H groups in total. The molecular formula is C15H15BrClN3. The molecule has 1 unspecified atom stereocenters. The zero-order chi connectivity index (χ0) is 13.6. The molecule has 2 aromatic heterocycles. The first-order valence-corrected chi connectivity index (χ1v) is 7.16. The van der Waals surface area contributed by atoms with Crippen molar-refractivity contribution in [2.75, 3.05) is 0 Å². The number of aryl methyl sites for hydroxylation is 2. The van der Waals surface area contributed by atoms with E-state index in [1.54, 1.807) is 6.20 Å². The summed E-state index contributed by atoms with van der Waals surface area (Å²) in [5, 5.41) is 10.4. The van der Waals surface area contributed by atoms with Crippen molar-refractivity contribution in [2.24, 2.45) is 5.41 Å². The van der Waals surface area contributed by atoms with Crippen LogP contribution in [0.5, 0.6) is 0 Å². The summed E-state index contributed by atoms with van der Waals surface area (Å²) in [5.41, 5.74) is 4.12. The van der Waals surface area contributed by atoms with Crippen molar-refractivity contribution >= 4 is 39.4 Å². The average Bonchev–Trinajstić information content (AvgIpc) is 2.41. The van der Waals surface area contributed by atoms with E-state index in [9.17, 15) is 5.26 Å². The van der Waals surface area contributed by atoms with Gasteiger partial charge in [0.05, 0.1) is 11.5 Å². The van der Waals surface area contributed by atoms with Gasteiger partial charge < -0.3 is 0 Å². The molecule has 2 aromatic rings. The van der Waals surface area contributed by atoms with Gasteiger partial charge in [0, 0.05) is 21.7 Å². The molecule has 104 valence electrons. The molecule has 3 nitrogen and oxygen atoms in total. The highest BCUT2D eigenvalue weighted by Crippen LogP contribution is 2.37. The molecular weight excluding hydrogens is 338 g/mol. The van der Waals surface area contributed by atoms with E-state index in [1.807, 2.05) is 6.92 Å². The van der Waals surface area contributed by atoms with Crippen molar-refractivity contribution in [3.8, 4) is 6.07 Å². The van der Waals surface area contributed by atoms with E-state index in [2.05, 4.69) is 45.0 Å². The maximum absolute atomic E-state index is 9.33. The summed E-state index contributed by atoms with van der Waals surface area (Å²) in [6, 6.07) is 4.51. The lowest BCUT2D eigenvalue weighted by Crippen LogP contribution is -2.25. The molecule has 20 heavy (non-hydrogen) atoms. The van der Waals surface area contributed by atoms with Crippen LogP contribution in [0.15, 0.2) is 16.7 Å². The van der Waals surface area contributed by atoms with Crippen LogP contribution < -0.4 is 0 Å². The van der Waals surface area contributed by atoms with Gasteiger partial charge in [0.1, 0.15) is 0 Å². The second-order valence-corrected chi connectivity index (χ2v) is 6.45. The minimum atomic E-state index is -0.257. The van der Waals surface area contributed by atoms with E-state index in [0.717, 1.165) is 40.5 Å². The molecule has 1 atom stereocenters. The summed E-state index contributed by atoms with van der Waals surface area (Å²) in [7, 11) is 0. The number of rotatable bonds is 0. The first kappa shape index (κ1) is 15.2. The summed E-state index contributed by atoms with van der Waals surface area (Å²) in [5.74, 6) is 0. The van der Waals surface area contributed by atoms with Gasteiger partial charge in [0.2, 0.25) is 0 Å². The smallest absolute Gasteiger partial charge is 0.159 e. The molecule has 0 amide bonds. The Balaban J connectivity index is 0.00000147. The molecule has 0 spiro atoms. The summed E-state index contributed by atoms with van der Waals surface area (Å²) in [4.78, 5) is 9.06. The van der Waals surface area contributed by atoms with Crippen LogP contribution >= 0.6 is 28.3 Å². The highest BCUT2D eigenvalue weighted by atomic mass is 79.9. The maximum Gasteiger partial charge on any atom is 0.159 e. The Morgan fingerprint density at radius 2 is 2.20 bits per heavy atom. The molecule has 1 aliphatic carbocycles. The molecule has 2 heterocycles. The van der Waals surface area contributed by atoms with Gasteiger partial charge in [-0.05, 0) is 66.2 Å². The Labute approximate surface area is 133 Å². The van der Waals surface area contributed by atoms with Gasteiger partial charge in [0.25, 0.3) is 0 Å². The van der Waals surface area contributed by atoms with Crippen molar-refractivity contribution < 1.29 is 0 Å². The number of halogens is 2. The Hall–Kier alpha value is -1.18. The van der Waals surface area contributed by atoms with Gasteiger partial charge >= 0.3 is 0 Å². The molecule has 3 rings (SSSR count). The Bertz CT molecular complexity index is 723. The molecule has 0 saturated carbocycles. The van der Waals surface area contributed by atoms with E-state index in [-0.39, 0.29) is 17.8 Å². The zero-order valence-corrected chi connectivity index (χ0v) is 13.8. The lowest BCUT2D eigenvalue weighted by Gasteiger charge is -2.29. The summed E-state index contributed by atoms with van der Waals surface area (Å²) in [6.07, 6.45) is 4.32. The number of nitrogens with zero attached hydrogens (tertiary/aromatic N) is 3. The third kappa shape index (κ3) is 2.41. The third-order valence-corrected chi connectivity index (χ3v) is 4.46. The predicted octanol–water partition coefficient (Wildman–Crippen LogP) is 4.14. The fourth-order valence-corrected chi connectivity index (χ4v) is 3.11. The average molecular weight is 353 g/mol. The zero-order valence-electron chi connectivity index (χ0n) is 11.4. The van der Waals surface area contributed by atoms with Crippen molar-refractivity contribution in [3.05, 3.63) is 33.6 Å². The van der Waals surface area contributed by atoms with E-state index < -0.39 is 0 Å². The van der Waals surface area contributed by atoms with Gasteiger partial charge in [-0.2, -0.15) is 5.26 Å². The van der Waals surface area contributed by atoms with Crippen LogP contribution in [0.3, 0.4) is 0 Å². The van der Waals surface area contributed by atoms with Crippen LogP contribution in [0.1, 0.15) is 30.2 Å². The number of hydrogen-bond donors (Lipinski definition) is 0. The largest absolute Gasteiger partial charge is 0.235 e. The lowest BCUT2D eigenvalue weighted by atomic mass is 9.74. The Kier molecular flexibility index (Phi) is 4.04. The molecule has 0 saturated heterocycles. The summed E-state index contributed by atoms with van der Waals surface area (Å²) in [6.45, 7) is 4.15. The second-order valence-electron chi connectivity index (χ2n) is 5.54. The molecule has 0 radical (unpaired) electrons. The van der Waals surface area contributed by atoms with Crippen LogP contribution in [-0.4, -0.2) is 9.97 Å². The Morgan fingerprint density at radius 3 is 2.90 bits per heavy atom. The van der Waals surface area contributed by atoms with E-state index >= 15 is 0 Å². The van der Waals surface area contributed by atoms with Crippen molar-refractivity contribution in [2.45, 2.75) is 33.1 Å². The number of aromatic nitrogens is 2. The van der Waals surface area contributed by atoms with Crippen LogP contribution in [0.4, 0.5) is 0 Å². The quantitative estimate of drug-likeness (QED) is 0.716. The molecule has 5 heteroatoms.